The highest BCUT2D eigenvalue weighted by Crippen LogP contribution is 2.31. The van der Waals surface area contributed by atoms with E-state index in [4.69, 9.17) is 11.6 Å². The molecule has 0 saturated carbocycles. The third kappa shape index (κ3) is 5.46. The lowest BCUT2D eigenvalue weighted by Gasteiger charge is -2.26. The van der Waals surface area contributed by atoms with Crippen LogP contribution >= 0.6 is 11.6 Å². The summed E-state index contributed by atoms with van der Waals surface area (Å²) >= 11 is 5.96. The molecular formula is C25H19ClF3N3O2. The van der Waals surface area contributed by atoms with E-state index in [1.165, 1.54) is 6.07 Å². The van der Waals surface area contributed by atoms with Crippen molar-refractivity contribution >= 4 is 34.8 Å². The zero-order chi connectivity index (χ0) is 24.3. The van der Waals surface area contributed by atoms with Gasteiger partial charge in [-0.1, -0.05) is 72.3 Å². The van der Waals surface area contributed by atoms with Gasteiger partial charge in [0.1, 0.15) is 6.54 Å². The van der Waals surface area contributed by atoms with E-state index < -0.39 is 30.7 Å². The van der Waals surface area contributed by atoms with Crippen LogP contribution < -0.4 is 10.2 Å². The first-order valence-corrected chi connectivity index (χ1v) is 10.7. The predicted molar refractivity (Wildman–Crippen MR) is 124 cm³/mol. The Morgan fingerprint density at radius 2 is 1.71 bits per heavy atom. The predicted octanol–water partition coefficient (Wildman–Crippen LogP) is 4.77. The second kappa shape index (κ2) is 9.69. The molecule has 1 atom stereocenters. The van der Waals surface area contributed by atoms with Gasteiger partial charge in [-0.25, -0.2) is 4.99 Å². The normalized spacial score (nSPS) is 15.9. The number of alkyl halides is 3. The highest BCUT2D eigenvalue weighted by Gasteiger charge is 2.39. The number of rotatable bonds is 5. The van der Waals surface area contributed by atoms with E-state index in [0.29, 0.717) is 32.3 Å². The molecule has 1 aliphatic rings. The molecule has 174 valence electrons. The number of hydrogen-bond acceptors (Lipinski definition) is 3. The van der Waals surface area contributed by atoms with Crippen molar-refractivity contribution in [3.8, 4) is 0 Å². The Morgan fingerprint density at radius 3 is 2.41 bits per heavy atom. The molecule has 0 aliphatic carbocycles. The Hall–Kier alpha value is -3.65. The Morgan fingerprint density at radius 1 is 1.00 bits per heavy atom. The first kappa shape index (κ1) is 23.5. The van der Waals surface area contributed by atoms with Crippen molar-refractivity contribution in [3.05, 3.63) is 101 Å². The van der Waals surface area contributed by atoms with Crippen LogP contribution in [-0.2, 0) is 16.0 Å². The molecule has 9 heteroatoms. The fourth-order valence-corrected chi connectivity index (χ4v) is 3.94. The van der Waals surface area contributed by atoms with Gasteiger partial charge in [0.2, 0.25) is 12.1 Å². The van der Waals surface area contributed by atoms with Gasteiger partial charge in [-0.15, -0.1) is 0 Å². The number of nitrogens with zero attached hydrogens (tertiary/aromatic N) is 2. The van der Waals surface area contributed by atoms with Gasteiger partial charge >= 0.3 is 6.18 Å². The number of anilines is 1. The number of benzene rings is 3. The molecule has 3 aromatic carbocycles. The standard InChI is InChI=1S/C25H19ClF3N3O2/c26-18-10-6-7-16(13-18)14-21(33)30-23-24(34)32(15-25(27,28)29)20-12-5-4-11-19(20)22(31-23)17-8-2-1-3-9-17/h1-13,23H,14-15H2,(H,30,33)/t23-/m1/s1. The molecule has 0 unspecified atom stereocenters. The van der Waals surface area contributed by atoms with Crippen LogP contribution in [0.4, 0.5) is 18.9 Å². The fraction of sp³-hybridized carbons (Fsp3) is 0.160. The highest BCUT2D eigenvalue weighted by atomic mass is 35.5. The number of halogens is 4. The van der Waals surface area contributed by atoms with Crippen molar-refractivity contribution in [1.29, 1.82) is 0 Å². The second-order valence-electron chi connectivity index (χ2n) is 7.68. The molecule has 2 amide bonds. The summed E-state index contributed by atoms with van der Waals surface area (Å²) in [6, 6.07) is 21.7. The first-order chi connectivity index (χ1) is 16.2. The van der Waals surface area contributed by atoms with E-state index >= 15 is 0 Å². The fourth-order valence-electron chi connectivity index (χ4n) is 3.73. The van der Waals surface area contributed by atoms with Crippen LogP contribution in [0.2, 0.25) is 5.02 Å². The second-order valence-corrected chi connectivity index (χ2v) is 8.11. The van der Waals surface area contributed by atoms with Crippen molar-refractivity contribution in [2.45, 2.75) is 18.8 Å². The molecule has 0 bridgehead atoms. The zero-order valence-corrected chi connectivity index (χ0v) is 18.5. The molecule has 4 rings (SSSR count). The van der Waals surface area contributed by atoms with E-state index in [1.807, 2.05) is 0 Å². The van der Waals surface area contributed by atoms with Crippen LogP contribution in [0.15, 0.2) is 83.9 Å². The summed E-state index contributed by atoms with van der Waals surface area (Å²) in [6.07, 6.45) is -6.32. The zero-order valence-electron chi connectivity index (χ0n) is 17.7. The first-order valence-electron chi connectivity index (χ1n) is 10.4. The van der Waals surface area contributed by atoms with Gasteiger partial charge < -0.3 is 5.32 Å². The van der Waals surface area contributed by atoms with Crippen LogP contribution in [-0.4, -0.2) is 36.4 Å². The van der Waals surface area contributed by atoms with Crippen LogP contribution in [0.3, 0.4) is 0 Å². The SMILES string of the molecule is O=C(Cc1cccc(Cl)c1)N[C@@H]1N=C(c2ccccc2)c2ccccc2N(CC(F)(F)F)C1=O. The molecule has 1 aliphatic heterocycles. The van der Waals surface area contributed by atoms with Gasteiger partial charge in [0.15, 0.2) is 0 Å². The summed E-state index contributed by atoms with van der Waals surface area (Å²) in [6.45, 7) is -1.51. The third-order valence-electron chi connectivity index (χ3n) is 5.14. The molecule has 0 aromatic heterocycles. The monoisotopic (exact) mass is 485 g/mol. The lowest BCUT2D eigenvalue weighted by atomic mass is 10.0. The molecule has 1 N–H and O–H groups in total. The highest BCUT2D eigenvalue weighted by molar-refractivity contribution is 6.30. The van der Waals surface area contributed by atoms with Crippen molar-refractivity contribution in [2.24, 2.45) is 4.99 Å². The van der Waals surface area contributed by atoms with Gasteiger partial charge in [0.05, 0.1) is 17.8 Å². The molecule has 3 aromatic rings. The largest absolute Gasteiger partial charge is 0.406 e. The Balaban J connectivity index is 1.75. The maximum absolute atomic E-state index is 13.4. The van der Waals surface area contributed by atoms with Gasteiger partial charge in [0, 0.05) is 16.1 Å². The van der Waals surface area contributed by atoms with E-state index in [2.05, 4.69) is 10.3 Å². The summed E-state index contributed by atoms with van der Waals surface area (Å²) in [5.74, 6) is -1.55. The van der Waals surface area contributed by atoms with E-state index in [0.717, 1.165) is 0 Å². The average Bonchev–Trinajstić information content (AvgIpc) is 2.89. The number of carbonyl (C=O) groups is 2. The minimum atomic E-state index is -4.66. The molecule has 0 radical (unpaired) electrons. The lowest BCUT2D eigenvalue weighted by Crippen LogP contribution is -2.50. The summed E-state index contributed by atoms with van der Waals surface area (Å²) in [7, 11) is 0. The number of fused-ring (bicyclic) bond motifs is 1. The van der Waals surface area contributed by atoms with Gasteiger partial charge in [-0.05, 0) is 23.8 Å². The maximum atomic E-state index is 13.4. The molecule has 34 heavy (non-hydrogen) atoms. The van der Waals surface area contributed by atoms with Crippen LogP contribution in [0, 0.1) is 0 Å². The van der Waals surface area contributed by atoms with Crippen molar-refractivity contribution in [2.75, 3.05) is 11.4 Å². The van der Waals surface area contributed by atoms with Crippen molar-refractivity contribution < 1.29 is 22.8 Å². The summed E-state index contributed by atoms with van der Waals surface area (Å²) in [5.41, 5.74) is 1.93. The Labute approximate surface area is 198 Å². The van der Waals surface area contributed by atoms with Gasteiger partial charge in [-0.3, -0.25) is 14.5 Å². The average molecular weight is 486 g/mol. The topological polar surface area (TPSA) is 61.8 Å². The number of nitrogens with one attached hydrogen (secondary N) is 1. The summed E-state index contributed by atoms with van der Waals surface area (Å²) in [4.78, 5) is 31.1. The maximum Gasteiger partial charge on any atom is 0.406 e. The quantitative estimate of drug-likeness (QED) is 0.566. The van der Waals surface area contributed by atoms with E-state index in [1.54, 1.807) is 72.8 Å². The van der Waals surface area contributed by atoms with Crippen LogP contribution in [0.25, 0.3) is 0 Å². The third-order valence-corrected chi connectivity index (χ3v) is 5.38. The number of para-hydroxylation sites is 1. The smallest absolute Gasteiger partial charge is 0.326 e. The Kier molecular flexibility index (Phi) is 6.70. The molecular weight excluding hydrogens is 467 g/mol. The number of benzodiazepines with no additional fused rings is 1. The molecule has 1 heterocycles. The van der Waals surface area contributed by atoms with E-state index in [-0.39, 0.29) is 12.1 Å². The van der Waals surface area contributed by atoms with Crippen molar-refractivity contribution in [3.63, 3.8) is 0 Å². The molecule has 0 fully saturated rings. The number of aliphatic imine (C=N–C) groups is 1. The lowest BCUT2D eigenvalue weighted by molar-refractivity contribution is -0.134. The number of amides is 2. The van der Waals surface area contributed by atoms with Crippen LogP contribution in [0.5, 0.6) is 0 Å². The van der Waals surface area contributed by atoms with Crippen LogP contribution in [0.1, 0.15) is 16.7 Å². The van der Waals surface area contributed by atoms with Gasteiger partial charge in [-0.2, -0.15) is 13.2 Å². The molecule has 5 nitrogen and oxygen atoms in total. The van der Waals surface area contributed by atoms with E-state index in [9.17, 15) is 22.8 Å². The minimum absolute atomic E-state index is 0.0685. The Bertz CT molecular complexity index is 1250. The van der Waals surface area contributed by atoms with Gasteiger partial charge in [0.25, 0.3) is 5.91 Å². The molecule has 0 saturated heterocycles. The number of carbonyl (C=O) groups excluding carboxylic acids is 2. The molecule has 0 spiro atoms. The summed E-state index contributed by atoms with van der Waals surface area (Å²) < 4.78 is 40.3. The number of hydrogen-bond donors (Lipinski definition) is 1. The minimum Gasteiger partial charge on any atom is -0.326 e. The summed E-state index contributed by atoms with van der Waals surface area (Å²) in [5, 5.41) is 2.94. The van der Waals surface area contributed by atoms with Crippen molar-refractivity contribution in [1.82, 2.24) is 5.32 Å².